The van der Waals surface area contributed by atoms with Crippen LogP contribution in [0.5, 0.6) is 11.5 Å². The minimum absolute atomic E-state index is 0.00972. The summed E-state index contributed by atoms with van der Waals surface area (Å²) < 4.78 is 12.3. The first kappa shape index (κ1) is 27.3. The molecule has 8 rings (SSSR count). The topological polar surface area (TPSA) is 111 Å². The van der Waals surface area contributed by atoms with E-state index in [9.17, 15) is 19.7 Å². The van der Waals surface area contributed by atoms with Gasteiger partial charge in [0.2, 0.25) is 0 Å². The molecule has 0 aromatic heterocycles. The van der Waals surface area contributed by atoms with Crippen molar-refractivity contribution in [1.82, 2.24) is 5.01 Å². The van der Waals surface area contributed by atoms with Gasteiger partial charge in [0, 0.05) is 24.0 Å². The molecule has 0 N–H and O–H groups in total. The van der Waals surface area contributed by atoms with Crippen LogP contribution in [0, 0.1) is 25.5 Å². The van der Waals surface area contributed by atoms with Crippen LogP contribution in [0.4, 0.5) is 5.69 Å². The number of non-ortho nitro benzene ring substituents is 1. The molecule has 9 nitrogen and oxygen atoms in total. The molecule has 10 heteroatoms. The largest absolute Gasteiger partial charge is 0.493 e. The third-order valence-corrected chi connectivity index (χ3v) is 9.33. The third-order valence-electron chi connectivity index (χ3n) is 8.53. The number of carbonyl (C=O) groups is 2. The van der Waals surface area contributed by atoms with Crippen molar-refractivity contribution in [2.45, 2.75) is 18.4 Å². The molecule has 4 aromatic rings. The number of nitrogens with zero attached hydrogens (tertiary/aromatic N) is 3. The van der Waals surface area contributed by atoms with E-state index in [1.807, 2.05) is 30.3 Å². The Morgan fingerprint density at radius 3 is 1.91 bits per heavy atom. The Labute approximate surface area is 260 Å². The van der Waals surface area contributed by atoms with Crippen LogP contribution < -0.4 is 9.47 Å². The number of halogens is 1. The molecule has 43 heavy (non-hydrogen) atoms. The molecule has 3 aliphatic carbocycles. The van der Waals surface area contributed by atoms with Crippen LogP contribution in [0.1, 0.15) is 45.2 Å². The number of nitro benzene ring substituents is 1. The van der Waals surface area contributed by atoms with E-state index >= 15 is 0 Å². The van der Waals surface area contributed by atoms with Gasteiger partial charge in [-0.15, -0.1) is 0 Å². The second-order valence-electron chi connectivity index (χ2n) is 10.7. The summed E-state index contributed by atoms with van der Waals surface area (Å²) in [4.78, 5) is 38.1. The van der Waals surface area contributed by atoms with Crippen LogP contribution in [0.15, 0.2) is 90.0 Å². The number of hydrogen-bond donors (Lipinski definition) is 0. The summed E-state index contributed by atoms with van der Waals surface area (Å²) in [5.41, 5.74) is 5.86. The maximum Gasteiger partial charge on any atom is 0.269 e. The van der Waals surface area contributed by atoms with Crippen molar-refractivity contribution >= 4 is 46.3 Å². The van der Waals surface area contributed by atoms with E-state index in [1.165, 1.54) is 25.5 Å². The Bertz CT molecular complexity index is 1720. The van der Waals surface area contributed by atoms with Gasteiger partial charge in [-0.05, 0) is 80.2 Å². The predicted molar refractivity (Wildman–Crippen MR) is 166 cm³/mol. The molecule has 1 aliphatic heterocycles. The number of amides is 2. The van der Waals surface area contributed by atoms with E-state index in [1.54, 1.807) is 18.2 Å². The zero-order valence-electron chi connectivity index (χ0n) is 22.8. The first-order chi connectivity index (χ1) is 20.9. The van der Waals surface area contributed by atoms with E-state index in [0.717, 1.165) is 36.4 Å². The van der Waals surface area contributed by atoms with Gasteiger partial charge in [-0.1, -0.05) is 48.5 Å². The molecule has 1 heterocycles. The van der Waals surface area contributed by atoms with Gasteiger partial charge in [-0.2, -0.15) is 10.1 Å². The van der Waals surface area contributed by atoms with E-state index in [-0.39, 0.29) is 35.9 Å². The zero-order chi connectivity index (χ0) is 29.8. The first-order valence-corrected chi connectivity index (χ1v) is 14.8. The van der Waals surface area contributed by atoms with Crippen LogP contribution in [-0.2, 0) is 16.2 Å². The number of ether oxygens (including phenoxy) is 2. The molecule has 214 valence electrons. The molecule has 0 spiro atoms. The number of hydrazone groups is 1. The van der Waals surface area contributed by atoms with Gasteiger partial charge in [-0.3, -0.25) is 19.7 Å². The average molecular weight is 685 g/mol. The SMILES string of the molecule is COc1cc(/C=N\N2C(=O)[C@@H]3C4c5ccccc5C(c5ccccc54)[C@@H]3C2=O)cc(I)c1OCc1ccc([N+](=O)[O-])cc1. The molecule has 0 radical (unpaired) electrons. The van der Waals surface area contributed by atoms with Crippen molar-refractivity contribution in [3.8, 4) is 11.5 Å². The Kier molecular flexibility index (Phi) is 6.72. The van der Waals surface area contributed by atoms with Gasteiger partial charge in [0.05, 0.1) is 33.7 Å². The number of benzene rings is 4. The molecule has 2 atom stereocenters. The minimum Gasteiger partial charge on any atom is -0.493 e. The summed E-state index contributed by atoms with van der Waals surface area (Å²) in [6, 6.07) is 25.9. The lowest BCUT2D eigenvalue weighted by Crippen LogP contribution is -2.41. The highest BCUT2D eigenvalue weighted by Gasteiger charge is 2.61. The third kappa shape index (κ3) is 4.39. The molecule has 0 saturated carbocycles. The smallest absolute Gasteiger partial charge is 0.269 e. The van der Waals surface area contributed by atoms with E-state index in [0.29, 0.717) is 17.1 Å². The Morgan fingerprint density at radius 1 is 0.884 bits per heavy atom. The van der Waals surface area contributed by atoms with Crippen molar-refractivity contribution < 1.29 is 24.0 Å². The second kappa shape index (κ2) is 10.6. The van der Waals surface area contributed by atoms with Gasteiger partial charge < -0.3 is 9.47 Å². The highest BCUT2D eigenvalue weighted by molar-refractivity contribution is 14.1. The zero-order valence-corrected chi connectivity index (χ0v) is 25.0. The summed E-state index contributed by atoms with van der Waals surface area (Å²) in [6.07, 6.45) is 1.50. The van der Waals surface area contributed by atoms with Gasteiger partial charge in [0.15, 0.2) is 11.5 Å². The lowest BCUT2D eigenvalue weighted by atomic mass is 9.55. The monoisotopic (exact) mass is 685 g/mol. The van der Waals surface area contributed by atoms with Gasteiger partial charge in [-0.25, -0.2) is 0 Å². The van der Waals surface area contributed by atoms with Crippen molar-refractivity contribution in [1.29, 1.82) is 0 Å². The maximum atomic E-state index is 13.8. The van der Waals surface area contributed by atoms with Crippen LogP contribution in [0.3, 0.4) is 0 Å². The summed E-state index contributed by atoms with van der Waals surface area (Å²) >= 11 is 2.13. The van der Waals surface area contributed by atoms with E-state index < -0.39 is 16.8 Å². The van der Waals surface area contributed by atoms with Crippen molar-refractivity contribution in [2.24, 2.45) is 16.9 Å². The first-order valence-electron chi connectivity index (χ1n) is 13.7. The van der Waals surface area contributed by atoms with Crippen molar-refractivity contribution in [2.75, 3.05) is 7.11 Å². The van der Waals surface area contributed by atoms with Crippen LogP contribution in [0.2, 0.25) is 0 Å². The maximum absolute atomic E-state index is 13.8. The lowest BCUT2D eigenvalue weighted by molar-refractivity contribution is -0.384. The van der Waals surface area contributed by atoms with Gasteiger partial charge in [0.25, 0.3) is 17.5 Å². The lowest BCUT2D eigenvalue weighted by Gasteiger charge is -2.45. The highest BCUT2D eigenvalue weighted by atomic mass is 127. The molecule has 2 bridgehead atoms. The van der Waals surface area contributed by atoms with Crippen molar-refractivity contribution in [3.05, 3.63) is 132 Å². The molecular weight excluding hydrogens is 661 g/mol. The summed E-state index contributed by atoms with van der Waals surface area (Å²) in [5, 5.41) is 16.4. The molecule has 0 unspecified atom stereocenters. The summed E-state index contributed by atoms with van der Waals surface area (Å²) in [6.45, 7) is 0.185. The fourth-order valence-electron chi connectivity index (χ4n) is 6.72. The van der Waals surface area contributed by atoms with Crippen molar-refractivity contribution in [3.63, 3.8) is 0 Å². The average Bonchev–Trinajstić information content (AvgIpc) is 3.28. The van der Waals surface area contributed by atoms with Crippen LogP contribution in [-0.4, -0.2) is 35.1 Å². The summed E-state index contributed by atoms with van der Waals surface area (Å²) in [7, 11) is 1.52. The molecular formula is C33H24IN3O6. The van der Waals surface area contributed by atoms with E-state index in [4.69, 9.17) is 9.47 Å². The number of rotatable bonds is 7. The minimum atomic E-state index is -0.496. The second-order valence-corrected chi connectivity index (χ2v) is 11.9. The molecule has 4 aliphatic rings. The number of nitro groups is 1. The molecule has 4 aromatic carbocycles. The number of hydrogen-bond acceptors (Lipinski definition) is 7. The highest BCUT2D eigenvalue weighted by Crippen LogP contribution is 2.61. The summed E-state index contributed by atoms with van der Waals surface area (Å²) in [5.74, 6) is -0.977. The normalized spacial score (nSPS) is 21.5. The number of carbonyl (C=O) groups excluding carboxylic acids is 2. The van der Waals surface area contributed by atoms with Gasteiger partial charge >= 0.3 is 0 Å². The predicted octanol–water partition coefficient (Wildman–Crippen LogP) is 6.01. The number of methoxy groups -OCH3 is 1. The molecule has 1 fully saturated rings. The molecule has 2 amide bonds. The quantitative estimate of drug-likeness (QED) is 0.0775. The van der Waals surface area contributed by atoms with Crippen LogP contribution >= 0.6 is 22.6 Å². The van der Waals surface area contributed by atoms with Crippen LogP contribution in [0.25, 0.3) is 0 Å². The standard InChI is InChI=1S/C33H24IN3O6/c1-42-26-15-19(14-25(34)31(26)43-17-18-10-12-20(13-11-18)37(40)41)16-35-36-32(38)29-27-21-6-2-3-7-22(21)28(30(29)33(36)39)24-9-5-4-8-23(24)27/h2-16,27-30H,17H2,1H3/b35-16-/t27?,28?,29-,30+. The Hall–Kier alpha value is -4.58. The van der Waals surface area contributed by atoms with Gasteiger partial charge in [0.1, 0.15) is 6.61 Å². The Balaban J connectivity index is 1.14. The Morgan fingerprint density at radius 2 is 1.42 bits per heavy atom. The fourth-order valence-corrected chi connectivity index (χ4v) is 7.50. The fraction of sp³-hybridized carbons (Fsp3) is 0.182. The molecule has 1 saturated heterocycles. The van der Waals surface area contributed by atoms with E-state index in [2.05, 4.69) is 52.0 Å². The number of imide groups is 1.